The Hall–Kier alpha value is -6.50. The van der Waals surface area contributed by atoms with Gasteiger partial charge in [0.15, 0.2) is 0 Å². The summed E-state index contributed by atoms with van der Waals surface area (Å²) in [7, 11) is 0. The molecule has 0 radical (unpaired) electrons. The van der Waals surface area contributed by atoms with Gasteiger partial charge in [0, 0.05) is 5.92 Å². The molecule has 2 aliphatic carbocycles. The fraction of sp³-hybridized carbons (Fsp3) is 0.0196. The summed E-state index contributed by atoms with van der Waals surface area (Å²) in [5, 5.41) is 7.78. The van der Waals surface area contributed by atoms with Gasteiger partial charge in [0.2, 0.25) is 0 Å². The minimum atomic E-state index is 0.198. The van der Waals surface area contributed by atoms with Gasteiger partial charge in [0.1, 0.15) is 0 Å². The number of benzene rings is 9. The van der Waals surface area contributed by atoms with Gasteiger partial charge in [-0.15, -0.1) is 0 Å². The van der Waals surface area contributed by atoms with E-state index in [0.717, 1.165) is 0 Å². The third-order valence-corrected chi connectivity index (χ3v) is 11.3. The van der Waals surface area contributed by atoms with Crippen molar-refractivity contribution in [3.63, 3.8) is 0 Å². The predicted octanol–water partition coefficient (Wildman–Crippen LogP) is 13.8. The Labute approximate surface area is 297 Å². The SMILES string of the molecule is C1=C(c2ccccc2)C(c2ccc(-c3c4ccccc4c(-c4cc5c6c(cccc6c4)-c4ccccc4-5)c4ccccc34)cc2)c2ccccc21. The van der Waals surface area contributed by atoms with E-state index in [1.807, 2.05) is 0 Å². The van der Waals surface area contributed by atoms with E-state index in [9.17, 15) is 0 Å². The van der Waals surface area contributed by atoms with Gasteiger partial charge in [-0.3, -0.25) is 0 Å². The predicted molar refractivity (Wildman–Crippen MR) is 217 cm³/mol. The third-order valence-electron chi connectivity index (χ3n) is 11.3. The summed E-state index contributed by atoms with van der Waals surface area (Å²) < 4.78 is 0. The fourth-order valence-corrected chi connectivity index (χ4v) is 9.12. The lowest BCUT2D eigenvalue weighted by Gasteiger charge is -2.20. The van der Waals surface area contributed by atoms with Crippen LogP contribution in [0.25, 0.3) is 88.5 Å². The van der Waals surface area contributed by atoms with Gasteiger partial charge in [0.25, 0.3) is 0 Å². The normalized spacial score (nSPS) is 14.2. The van der Waals surface area contributed by atoms with Crippen LogP contribution in [0, 0.1) is 0 Å². The van der Waals surface area contributed by atoms with Gasteiger partial charge in [0.05, 0.1) is 0 Å². The summed E-state index contributed by atoms with van der Waals surface area (Å²) >= 11 is 0. The lowest BCUT2D eigenvalue weighted by atomic mass is 9.83. The second-order valence-corrected chi connectivity index (χ2v) is 14.0. The highest BCUT2D eigenvalue weighted by Crippen LogP contribution is 2.51. The maximum atomic E-state index is 2.44. The Bertz CT molecular complexity index is 2830. The molecule has 9 aromatic carbocycles. The zero-order valence-electron chi connectivity index (χ0n) is 28.0. The van der Waals surface area contributed by atoms with E-state index < -0.39 is 0 Å². The van der Waals surface area contributed by atoms with Crippen LogP contribution in [0.15, 0.2) is 182 Å². The standard InChI is InChI=1S/C51H32/c1-2-13-32(14-3-1)46-30-35-15-4-5-17-38(35)48(46)33-25-27-34(28-26-33)49-42-20-8-10-22-44(42)51(45-23-11-9-21-43(45)49)37-29-36-16-12-24-41-39-18-6-7-19-40(39)47(31-37)50(36)41/h1-31,48H. The fourth-order valence-electron chi connectivity index (χ4n) is 9.12. The minimum absolute atomic E-state index is 0.198. The van der Waals surface area contributed by atoms with Gasteiger partial charge in [-0.2, -0.15) is 0 Å². The van der Waals surface area contributed by atoms with Crippen LogP contribution in [0.4, 0.5) is 0 Å². The highest BCUT2D eigenvalue weighted by molar-refractivity contribution is 6.23. The molecular formula is C51H32. The molecule has 0 spiro atoms. The van der Waals surface area contributed by atoms with Crippen LogP contribution in [0.1, 0.15) is 28.2 Å². The van der Waals surface area contributed by atoms with E-state index in [0.29, 0.717) is 0 Å². The Morgan fingerprint density at radius 2 is 0.922 bits per heavy atom. The topological polar surface area (TPSA) is 0 Å². The van der Waals surface area contributed by atoms with Gasteiger partial charge in [-0.25, -0.2) is 0 Å². The first-order valence-corrected chi connectivity index (χ1v) is 17.9. The van der Waals surface area contributed by atoms with Crippen LogP contribution >= 0.6 is 0 Å². The summed E-state index contributed by atoms with van der Waals surface area (Å²) in [6, 6.07) is 67.6. The van der Waals surface area contributed by atoms with Gasteiger partial charge < -0.3 is 0 Å². The average molecular weight is 645 g/mol. The summed E-state index contributed by atoms with van der Waals surface area (Å²) in [5.41, 5.74) is 17.1. The second kappa shape index (κ2) is 11.0. The molecule has 1 unspecified atom stereocenters. The van der Waals surface area contributed by atoms with Crippen LogP contribution in [0.5, 0.6) is 0 Å². The van der Waals surface area contributed by atoms with Gasteiger partial charge in [-0.05, 0) is 123 Å². The number of hydrogen-bond acceptors (Lipinski definition) is 0. The molecule has 0 heteroatoms. The summed E-state index contributed by atoms with van der Waals surface area (Å²) in [6.45, 7) is 0. The third kappa shape index (κ3) is 4.20. The van der Waals surface area contributed by atoms with Crippen molar-refractivity contribution in [3.8, 4) is 44.5 Å². The van der Waals surface area contributed by atoms with E-state index in [1.165, 1.54) is 105 Å². The first kappa shape index (κ1) is 28.3. The highest BCUT2D eigenvalue weighted by atomic mass is 14.3. The molecule has 0 aliphatic heterocycles. The van der Waals surface area contributed by atoms with Crippen LogP contribution in [-0.4, -0.2) is 0 Å². The van der Waals surface area contributed by atoms with Crippen molar-refractivity contribution >= 4 is 44.0 Å². The van der Waals surface area contributed by atoms with Gasteiger partial charge in [-0.1, -0.05) is 170 Å². The first-order chi connectivity index (χ1) is 25.3. The van der Waals surface area contributed by atoms with E-state index in [4.69, 9.17) is 0 Å². The molecule has 2 aliphatic rings. The summed E-state index contributed by atoms with van der Waals surface area (Å²) in [5.74, 6) is 0.198. The second-order valence-electron chi connectivity index (χ2n) is 14.0. The van der Waals surface area contributed by atoms with Crippen molar-refractivity contribution in [3.05, 3.63) is 204 Å². The molecule has 0 fully saturated rings. The Morgan fingerprint density at radius 3 is 1.63 bits per heavy atom. The van der Waals surface area contributed by atoms with Crippen LogP contribution < -0.4 is 0 Å². The molecule has 0 saturated carbocycles. The molecule has 0 nitrogen and oxygen atoms in total. The molecular weight excluding hydrogens is 613 g/mol. The van der Waals surface area contributed by atoms with E-state index in [-0.39, 0.29) is 5.92 Å². The zero-order valence-corrected chi connectivity index (χ0v) is 28.0. The minimum Gasteiger partial charge on any atom is -0.0622 e. The molecule has 0 amide bonds. The van der Waals surface area contributed by atoms with Crippen molar-refractivity contribution in [1.29, 1.82) is 0 Å². The van der Waals surface area contributed by atoms with Crippen LogP contribution in [-0.2, 0) is 0 Å². The van der Waals surface area contributed by atoms with E-state index >= 15 is 0 Å². The first-order valence-electron chi connectivity index (χ1n) is 17.9. The molecule has 9 aromatic rings. The molecule has 236 valence electrons. The zero-order chi connectivity index (χ0) is 33.5. The number of rotatable bonds is 4. The lowest BCUT2D eigenvalue weighted by molar-refractivity contribution is 1.07. The molecule has 0 saturated heterocycles. The van der Waals surface area contributed by atoms with E-state index in [1.54, 1.807) is 0 Å². The van der Waals surface area contributed by atoms with Crippen LogP contribution in [0.2, 0.25) is 0 Å². The Balaban J connectivity index is 1.10. The van der Waals surface area contributed by atoms with Crippen LogP contribution in [0.3, 0.4) is 0 Å². The van der Waals surface area contributed by atoms with Crippen molar-refractivity contribution < 1.29 is 0 Å². The smallest absolute Gasteiger partial charge is 0.0352 e. The molecule has 0 heterocycles. The largest absolute Gasteiger partial charge is 0.0622 e. The van der Waals surface area contributed by atoms with Gasteiger partial charge >= 0.3 is 0 Å². The number of fused-ring (bicyclic) bond motifs is 6. The molecule has 51 heavy (non-hydrogen) atoms. The summed E-state index contributed by atoms with van der Waals surface area (Å²) in [4.78, 5) is 0. The average Bonchev–Trinajstić information content (AvgIpc) is 3.75. The van der Waals surface area contributed by atoms with Crippen molar-refractivity contribution in [1.82, 2.24) is 0 Å². The monoisotopic (exact) mass is 644 g/mol. The van der Waals surface area contributed by atoms with Crippen molar-refractivity contribution in [2.45, 2.75) is 5.92 Å². The van der Waals surface area contributed by atoms with Crippen molar-refractivity contribution in [2.75, 3.05) is 0 Å². The van der Waals surface area contributed by atoms with Crippen molar-refractivity contribution in [2.24, 2.45) is 0 Å². The molecule has 11 rings (SSSR count). The number of allylic oxidation sites excluding steroid dienone is 1. The molecule has 0 aromatic heterocycles. The Morgan fingerprint density at radius 1 is 0.353 bits per heavy atom. The quantitative estimate of drug-likeness (QED) is 0.167. The highest BCUT2D eigenvalue weighted by Gasteiger charge is 2.28. The Kier molecular flexibility index (Phi) is 6.12. The maximum absolute atomic E-state index is 2.44. The lowest BCUT2D eigenvalue weighted by Crippen LogP contribution is -2.01. The number of hydrogen-bond donors (Lipinski definition) is 0. The summed E-state index contributed by atoms with van der Waals surface area (Å²) in [6.07, 6.45) is 2.38. The molecule has 0 bridgehead atoms. The van der Waals surface area contributed by atoms with E-state index in [2.05, 4.69) is 188 Å². The molecule has 1 atom stereocenters. The molecule has 0 N–H and O–H groups in total. The maximum Gasteiger partial charge on any atom is 0.0352 e.